The predicted octanol–water partition coefficient (Wildman–Crippen LogP) is 7.67. The molecule has 0 saturated heterocycles. The molecule has 1 N–H and O–H groups in total. The van der Waals surface area contributed by atoms with Crippen LogP contribution < -0.4 is 10.1 Å². The van der Waals surface area contributed by atoms with Crippen molar-refractivity contribution in [2.75, 3.05) is 13.7 Å². The molecule has 5 rings (SSSR count). The molecule has 0 radical (unpaired) electrons. The second-order valence-electron chi connectivity index (χ2n) is 9.92. The Morgan fingerprint density at radius 2 is 1.85 bits per heavy atom. The summed E-state index contributed by atoms with van der Waals surface area (Å²) in [5.74, 6) is 0.732. The van der Waals surface area contributed by atoms with E-state index in [9.17, 15) is 10.1 Å². The van der Waals surface area contributed by atoms with Gasteiger partial charge in [-0.1, -0.05) is 48.0 Å². The molecule has 4 aromatic rings. The van der Waals surface area contributed by atoms with Crippen molar-refractivity contribution >= 4 is 38.9 Å². The molecule has 1 amide bonds. The Bertz CT molecular complexity index is 1520. The van der Waals surface area contributed by atoms with Crippen molar-refractivity contribution < 1.29 is 9.53 Å². The van der Waals surface area contributed by atoms with E-state index in [2.05, 4.69) is 17.5 Å². The molecular weight excluding hydrogens is 526 g/mol. The zero-order chi connectivity index (χ0) is 27.4. The first-order valence-electron chi connectivity index (χ1n) is 13.4. The molecule has 3 aromatic carbocycles. The van der Waals surface area contributed by atoms with E-state index in [1.807, 2.05) is 73.5 Å². The number of nitrogens with one attached hydrogen (secondary N) is 1. The van der Waals surface area contributed by atoms with Gasteiger partial charge in [0.15, 0.2) is 0 Å². The van der Waals surface area contributed by atoms with Gasteiger partial charge < -0.3 is 15.0 Å². The third kappa shape index (κ3) is 5.81. The Kier molecular flexibility index (Phi) is 8.52. The van der Waals surface area contributed by atoms with Gasteiger partial charge in [-0.3, -0.25) is 4.79 Å². The quantitative estimate of drug-likeness (QED) is 0.241. The lowest BCUT2D eigenvalue weighted by molar-refractivity contribution is 0.0604. The standard InChI is InChI=1S/C32H32ClN3O2S/c1-3-38-28-16-11-23(22-8-6-7-21(17-22)19-34)18-24(28)20-36(26-14-12-25(35-2)13-15-26)32(37)31-30(33)27-9-4-5-10-29(27)39-31/h4-11,16-18,25-26,35H,3,12-15,20H2,1-2H3/t25-,26+. The number of carbonyl (C=O) groups is 1. The van der Waals surface area contributed by atoms with Crippen LogP contribution in [0.5, 0.6) is 5.75 Å². The fraction of sp³-hybridized carbons (Fsp3) is 0.312. The monoisotopic (exact) mass is 557 g/mol. The molecule has 0 atom stereocenters. The second kappa shape index (κ2) is 12.2. The summed E-state index contributed by atoms with van der Waals surface area (Å²) >= 11 is 8.26. The Morgan fingerprint density at radius 3 is 2.56 bits per heavy atom. The van der Waals surface area contributed by atoms with Gasteiger partial charge in [-0.15, -0.1) is 11.3 Å². The summed E-state index contributed by atoms with van der Waals surface area (Å²) in [6.07, 6.45) is 3.88. The van der Waals surface area contributed by atoms with Gasteiger partial charge in [-0.2, -0.15) is 5.26 Å². The lowest BCUT2D eigenvalue weighted by Crippen LogP contribution is -2.44. The Hall–Kier alpha value is -3.37. The van der Waals surface area contributed by atoms with Crippen LogP contribution in [0.25, 0.3) is 21.2 Å². The Morgan fingerprint density at radius 1 is 1.08 bits per heavy atom. The van der Waals surface area contributed by atoms with E-state index in [0.29, 0.717) is 34.7 Å². The SMILES string of the molecule is CCOc1ccc(-c2cccc(C#N)c2)cc1CN(C(=O)c1sc2ccccc2c1Cl)[C@H]1CC[C@@H](NC)CC1. The second-order valence-corrected chi connectivity index (χ2v) is 11.3. The van der Waals surface area contributed by atoms with Crippen molar-refractivity contribution in [2.24, 2.45) is 0 Å². The number of benzene rings is 3. The zero-order valence-electron chi connectivity index (χ0n) is 22.2. The number of thiophene rings is 1. The van der Waals surface area contributed by atoms with E-state index < -0.39 is 0 Å². The van der Waals surface area contributed by atoms with E-state index >= 15 is 0 Å². The highest BCUT2D eigenvalue weighted by atomic mass is 35.5. The minimum Gasteiger partial charge on any atom is -0.494 e. The molecule has 1 aliphatic carbocycles. The summed E-state index contributed by atoms with van der Waals surface area (Å²) in [5, 5.41) is 14.2. The van der Waals surface area contributed by atoms with Crippen molar-refractivity contribution in [1.29, 1.82) is 5.26 Å². The maximum atomic E-state index is 14.3. The third-order valence-electron chi connectivity index (χ3n) is 7.56. The van der Waals surface area contributed by atoms with Gasteiger partial charge in [-0.25, -0.2) is 0 Å². The van der Waals surface area contributed by atoms with Crippen molar-refractivity contribution in [3.8, 4) is 22.9 Å². The number of nitrogens with zero attached hydrogens (tertiary/aromatic N) is 2. The van der Waals surface area contributed by atoms with E-state index in [0.717, 1.165) is 58.2 Å². The van der Waals surface area contributed by atoms with Gasteiger partial charge in [0.2, 0.25) is 0 Å². The molecule has 0 unspecified atom stereocenters. The third-order valence-corrected chi connectivity index (χ3v) is 9.23. The molecule has 0 bridgehead atoms. The molecule has 0 spiro atoms. The van der Waals surface area contributed by atoms with Crippen molar-refractivity contribution in [1.82, 2.24) is 10.2 Å². The maximum Gasteiger partial charge on any atom is 0.266 e. The van der Waals surface area contributed by atoms with Gasteiger partial charge in [-0.05, 0) is 81.1 Å². The highest BCUT2D eigenvalue weighted by Gasteiger charge is 2.32. The van der Waals surface area contributed by atoms with E-state index in [-0.39, 0.29) is 11.9 Å². The average molecular weight is 558 g/mol. The summed E-state index contributed by atoms with van der Waals surface area (Å²) in [5.41, 5.74) is 3.49. The number of amides is 1. The van der Waals surface area contributed by atoms with Gasteiger partial charge in [0, 0.05) is 34.3 Å². The molecule has 1 aliphatic rings. The molecule has 1 fully saturated rings. The topological polar surface area (TPSA) is 65.4 Å². The largest absolute Gasteiger partial charge is 0.494 e. The van der Waals surface area contributed by atoms with Crippen molar-refractivity contribution in [3.63, 3.8) is 0 Å². The number of hydrogen-bond acceptors (Lipinski definition) is 5. The highest BCUT2D eigenvalue weighted by Crippen LogP contribution is 2.38. The van der Waals surface area contributed by atoms with Crippen LogP contribution in [0.3, 0.4) is 0 Å². The van der Waals surface area contributed by atoms with Crippen LogP contribution in [0.2, 0.25) is 5.02 Å². The minimum atomic E-state index is -0.0339. The van der Waals surface area contributed by atoms with Gasteiger partial charge in [0.1, 0.15) is 10.6 Å². The number of rotatable bonds is 8. The predicted molar refractivity (Wildman–Crippen MR) is 160 cm³/mol. The summed E-state index contributed by atoms with van der Waals surface area (Å²) in [6.45, 7) is 2.91. The molecule has 39 heavy (non-hydrogen) atoms. The Labute approximate surface area is 239 Å². The smallest absolute Gasteiger partial charge is 0.266 e. The lowest BCUT2D eigenvalue weighted by atomic mass is 9.89. The summed E-state index contributed by atoms with van der Waals surface area (Å²) in [7, 11) is 2.01. The summed E-state index contributed by atoms with van der Waals surface area (Å²) < 4.78 is 7.04. The fourth-order valence-corrected chi connectivity index (χ4v) is 6.92. The van der Waals surface area contributed by atoms with E-state index in [1.54, 1.807) is 6.07 Å². The number of halogens is 1. The molecule has 1 saturated carbocycles. The van der Waals surface area contributed by atoms with Crippen LogP contribution in [0.1, 0.15) is 53.4 Å². The molecule has 0 aliphatic heterocycles. The van der Waals surface area contributed by atoms with Crippen LogP contribution in [0, 0.1) is 11.3 Å². The lowest BCUT2D eigenvalue weighted by Gasteiger charge is -2.37. The average Bonchev–Trinajstić information content (AvgIpc) is 3.32. The number of ether oxygens (including phenoxy) is 1. The molecular formula is C32H32ClN3O2S. The van der Waals surface area contributed by atoms with Crippen molar-refractivity contribution in [3.05, 3.63) is 87.8 Å². The Balaban J connectivity index is 1.54. The van der Waals surface area contributed by atoms with E-state index in [1.165, 1.54) is 11.3 Å². The zero-order valence-corrected chi connectivity index (χ0v) is 23.8. The summed E-state index contributed by atoms with van der Waals surface area (Å²) in [4.78, 5) is 16.9. The highest BCUT2D eigenvalue weighted by molar-refractivity contribution is 7.21. The van der Waals surface area contributed by atoms with Crippen molar-refractivity contribution in [2.45, 2.75) is 51.2 Å². The number of carbonyl (C=O) groups excluding carboxylic acids is 1. The first kappa shape index (κ1) is 27.2. The molecule has 1 heterocycles. The summed E-state index contributed by atoms with van der Waals surface area (Å²) in [6, 6.07) is 24.4. The number of nitriles is 1. The van der Waals surface area contributed by atoms with Gasteiger partial charge in [0.25, 0.3) is 5.91 Å². The fourth-order valence-electron chi connectivity index (χ4n) is 5.46. The normalized spacial score (nSPS) is 17.1. The van der Waals surface area contributed by atoms with Crippen LogP contribution >= 0.6 is 22.9 Å². The van der Waals surface area contributed by atoms with E-state index in [4.69, 9.17) is 16.3 Å². The first-order chi connectivity index (χ1) is 19.0. The first-order valence-corrected chi connectivity index (χ1v) is 14.6. The maximum absolute atomic E-state index is 14.3. The number of hydrogen-bond donors (Lipinski definition) is 1. The molecule has 1 aromatic heterocycles. The van der Waals surface area contributed by atoms with Gasteiger partial charge >= 0.3 is 0 Å². The van der Waals surface area contributed by atoms with Crippen LogP contribution in [-0.4, -0.2) is 36.5 Å². The molecule has 5 nitrogen and oxygen atoms in total. The van der Waals surface area contributed by atoms with Crippen LogP contribution in [0.15, 0.2) is 66.7 Å². The number of fused-ring (bicyclic) bond motifs is 1. The van der Waals surface area contributed by atoms with Crippen LogP contribution in [-0.2, 0) is 6.54 Å². The molecule has 200 valence electrons. The van der Waals surface area contributed by atoms with Crippen LogP contribution in [0.4, 0.5) is 0 Å². The molecule has 7 heteroatoms. The minimum absolute atomic E-state index is 0.0339. The van der Waals surface area contributed by atoms with Gasteiger partial charge in [0.05, 0.1) is 23.3 Å².